The van der Waals surface area contributed by atoms with Gasteiger partial charge in [-0.2, -0.15) is 0 Å². The molecule has 40 heavy (non-hydrogen) atoms. The number of fused-ring (bicyclic) bond motifs is 2. The first-order valence-corrected chi connectivity index (χ1v) is 12.9. The number of benzodiazepines with no additional fused rings is 1. The van der Waals surface area contributed by atoms with Gasteiger partial charge in [-0.1, -0.05) is 54.1 Å². The summed E-state index contributed by atoms with van der Waals surface area (Å²) in [6.45, 7) is 0. The Labute approximate surface area is 235 Å². The Balaban J connectivity index is 0.000000406. The van der Waals surface area contributed by atoms with Crippen LogP contribution in [0, 0.1) is 0 Å². The summed E-state index contributed by atoms with van der Waals surface area (Å²) in [5, 5.41) is 28.4. The Morgan fingerprint density at radius 1 is 0.875 bits per heavy atom. The van der Waals surface area contributed by atoms with Gasteiger partial charge in [-0.05, 0) is 58.8 Å². The van der Waals surface area contributed by atoms with E-state index in [4.69, 9.17) is 26.8 Å². The largest absolute Gasteiger partial charge is 0.508 e. The highest BCUT2D eigenvalue weighted by molar-refractivity contribution is 6.32. The van der Waals surface area contributed by atoms with Crippen LogP contribution in [0.2, 0.25) is 5.02 Å². The van der Waals surface area contributed by atoms with Crippen LogP contribution in [0.5, 0.6) is 5.75 Å². The lowest BCUT2D eigenvalue weighted by Gasteiger charge is -2.20. The molecule has 4 aromatic rings. The standard InChI is InChI=1S/C27H21ClN2O2.C4H6O4/c1-30-25-13-10-21(28)16-23(25)26(19-8-11-22(31)12-9-19)29-24(27(30)32)15-17-6-7-18-4-2-3-5-20(18)14-17;5-3(6)1-2-4(7)8/h2-14,16,24,31H,15H2,1H3;1-2H2,(H,5,6)(H,7,8). The van der Waals surface area contributed by atoms with Crippen molar-refractivity contribution in [2.75, 3.05) is 11.9 Å². The summed E-state index contributed by atoms with van der Waals surface area (Å²) in [7, 11) is 1.78. The molecule has 1 heterocycles. The molecule has 0 fully saturated rings. The highest BCUT2D eigenvalue weighted by Gasteiger charge is 2.30. The third kappa shape index (κ3) is 6.84. The molecule has 0 aliphatic carbocycles. The van der Waals surface area contributed by atoms with Crippen LogP contribution < -0.4 is 4.90 Å². The summed E-state index contributed by atoms with van der Waals surface area (Å²) in [5.74, 6) is -2.05. The third-order valence-corrected chi connectivity index (χ3v) is 6.65. The number of anilines is 1. The molecule has 0 saturated heterocycles. The van der Waals surface area contributed by atoms with Crippen LogP contribution in [0.15, 0.2) is 89.9 Å². The van der Waals surface area contributed by atoms with E-state index >= 15 is 0 Å². The summed E-state index contributed by atoms with van der Waals surface area (Å²) >= 11 is 6.32. The highest BCUT2D eigenvalue weighted by Crippen LogP contribution is 2.31. The van der Waals surface area contributed by atoms with Crippen molar-refractivity contribution in [3.8, 4) is 5.75 Å². The monoisotopic (exact) mass is 558 g/mol. The zero-order valence-corrected chi connectivity index (χ0v) is 22.4. The zero-order valence-electron chi connectivity index (χ0n) is 21.6. The number of likely N-dealkylation sites (N-methyl/N-ethyl adjacent to an activating group) is 1. The summed E-state index contributed by atoms with van der Waals surface area (Å²) in [4.78, 5) is 39.3. The van der Waals surface area contributed by atoms with Crippen molar-refractivity contribution < 1.29 is 29.7 Å². The number of hydrogen-bond acceptors (Lipinski definition) is 5. The van der Waals surface area contributed by atoms with E-state index in [2.05, 4.69) is 30.3 Å². The molecule has 1 amide bonds. The van der Waals surface area contributed by atoms with Gasteiger partial charge in [-0.25, -0.2) is 0 Å². The number of aliphatic imine (C=N–C) groups is 1. The molecule has 0 saturated carbocycles. The smallest absolute Gasteiger partial charge is 0.303 e. The number of rotatable bonds is 6. The Morgan fingerprint density at radius 2 is 1.52 bits per heavy atom. The second-order valence-corrected chi connectivity index (χ2v) is 9.71. The average molecular weight is 559 g/mol. The number of phenolic OH excluding ortho intramolecular Hbond substituents is 1. The molecular weight excluding hydrogens is 532 g/mol. The highest BCUT2D eigenvalue weighted by atomic mass is 35.5. The Morgan fingerprint density at radius 3 is 2.17 bits per heavy atom. The molecule has 0 radical (unpaired) electrons. The summed E-state index contributed by atoms with van der Waals surface area (Å²) in [5.41, 5.74) is 4.10. The quantitative estimate of drug-likeness (QED) is 0.284. The number of nitrogens with zero attached hydrogens (tertiary/aromatic N) is 2. The number of carbonyl (C=O) groups excluding carboxylic acids is 1. The molecule has 1 atom stereocenters. The Hall–Kier alpha value is -4.69. The van der Waals surface area contributed by atoms with Crippen molar-refractivity contribution in [3.63, 3.8) is 0 Å². The van der Waals surface area contributed by atoms with Gasteiger partial charge in [0.15, 0.2) is 0 Å². The van der Waals surface area contributed by atoms with E-state index < -0.39 is 18.0 Å². The maximum Gasteiger partial charge on any atom is 0.303 e. The van der Waals surface area contributed by atoms with E-state index in [9.17, 15) is 19.5 Å². The second kappa shape index (κ2) is 12.4. The first-order chi connectivity index (χ1) is 19.1. The minimum absolute atomic E-state index is 0.0736. The lowest BCUT2D eigenvalue weighted by Crippen LogP contribution is -2.36. The van der Waals surface area contributed by atoms with Gasteiger partial charge in [0.1, 0.15) is 11.8 Å². The first kappa shape index (κ1) is 28.3. The number of benzene rings is 4. The predicted octanol–water partition coefficient (Wildman–Crippen LogP) is 5.56. The fourth-order valence-corrected chi connectivity index (χ4v) is 4.57. The number of carbonyl (C=O) groups is 3. The maximum absolute atomic E-state index is 13.4. The van der Waals surface area contributed by atoms with Gasteiger partial charge in [0.25, 0.3) is 5.91 Å². The van der Waals surface area contributed by atoms with Crippen LogP contribution >= 0.6 is 11.6 Å². The van der Waals surface area contributed by atoms with Gasteiger partial charge in [0.2, 0.25) is 0 Å². The minimum atomic E-state index is -1.08. The second-order valence-electron chi connectivity index (χ2n) is 9.27. The van der Waals surface area contributed by atoms with Gasteiger partial charge in [-0.3, -0.25) is 19.4 Å². The van der Waals surface area contributed by atoms with Crippen molar-refractivity contribution in [3.05, 3.63) is 107 Å². The zero-order chi connectivity index (χ0) is 28.8. The molecule has 9 heteroatoms. The molecule has 8 nitrogen and oxygen atoms in total. The number of carboxylic acids is 2. The van der Waals surface area contributed by atoms with Gasteiger partial charge in [0, 0.05) is 29.6 Å². The topological polar surface area (TPSA) is 128 Å². The molecular formula is C31H27ClN2O6. The minimum Gasteiger partial charge on any atom is -0.508 e. The van der Waals surface area contributed by atoms with Crippen LogP contribution in [0.4, 0.5) is 5.69 Å². The molecule has 0 aromatic heterocycles. The normalized spacial score (nSPS) is 14.4. The van der Waals surface area contributed by atoms with Crippen molar-refractivity contribution in [1.29, 1.82) is 0 Å². The number of aliphatic carboxylic acids is 2. The van der Waals surface area contributed by atoms with Crippen LogP contribution in [-0.4, -0.2) is 52.0 Å². The molecule has 3 N–H and O–H groups in total. The van der Waals surface area contributed by atoms with Crippen molar-refractivity contribution in [1.82, 2.24) is 0 Å². The fourth-order valence-electron chi connectivity index (χ4n) is 4.40. The van der Waals surface area contributed by atoms with E-state index in [1.807, 2.05) is 36.4 Å². The molecule has 0 bridgehead atoms. The van der Waals surface area contributed by atoms with Crippen molar-refractivity contribution in [2.24, 2.45) is 4.99 Å². The lowest BCUT2D eigenvalue weighted by molar-refractivity contribution is -0.143. The van der Waals surface area contributed by atoms with Crippen LogP contribution in [0.1, 0.15) is 29.5 Å². The Kier molecular flexibility index (Phi) is 8.81. The number of amides is 1. The SMILES string of the molecule is CN1C(=O)C(Cc2ccc3ccccc3c2)N=C(c2ccc(O)cc2)c2cc(Cl)ccc21.O=C(O)CCC(=O)O. The van der Waals surface area contributed by atoms with Gasteiger partial charge in [-0.15, -0.1) is 0 Å². The fraction of sp³-hybridized carbons (Fsp3) is 0.161. The number of aromatic hydroxyl groups is 1. The molecule has 1 aliphatic rings. The van der Waals surface area contributed by atoms with Crippen LogP contribution in [0.25, 0.3) is 10.8 Å². The molecule has 5 rings (SSSR count). The number of halogens is 1. The van der Waals surface area contributed by atoms with E-state index in [0.29, 0.717) is 17.2 Å². The number of hydrogen-bond donors (Lipinski definition) is 3. The predicted molar refractivity (Wildman–Crippen MR) is 155 cm³/mol. The molecule has 204 valence electrons. The van der Waals surface area contributed by atoms with E-state index in [-0.39, 0.29) is 24.5 Å². The summed E-state index contributed by atoms with van der Waals surface area (Å²) in [6.07, 6.45) is -0.109. The van der Waals surface area contributed by atoms with Gasteiger partial charge in [0.05, 0.1) is 24.2 Å². The number of carboxylic acid groups (broad SMARTS) is 2. The maximum atomic E-state index is 13.4. The molecule has 1 aliphatic heterocycles. The van der Waals surface area contributed by atoms with Gasteiger partial charge >= 0.3 is 11.9 Å². The van der Waals surface area contributed by atoms with Crippen molar-refractivity contribution in [2.45, 2.75) is 25.3 Å². The van der Waals surface area contributed by atoms with Crippen LogP contribution in [-0.2, 0) is 20.8 Å². The van der Waals surface area contributed by atoms with Gasteiger partial charge < -0.3 is 20.2 Å². The van der Waals surface area contributed by atoms with Crippen molar-refractivity contribution >= 4 is 51.6 Å². The molecule has 4 aromatic carbocycles. The molecule has 0 spiro atoms. The van der Waals surface area contributed by atoms with E-state index in [0.717, 1.165) is 33.2 Å². The molecule has 1 unspecified atom stereocenters. The van der Waals surface area contributed by atoms with Crippen LogP contribution in [0.3, 0.4) is 0 Å². The summed E-state index contributed by atoms with van der Waals surface area (Å²) < 4.78 is 0. The third-order valence-electron chi connectivity index (χ3n) is 6.41. The Bertz CT molecular complexity index is 1590. The lowest BCUT2D eigenvalue weighted by atomic mass is 9.99. The van der Waals surface area contributed by atoms with E-state index in [1.54, 1.807) is 30.1 Å². The first-order valence-electron chi connectivity index (χ1n) is 12.5. The average Bonchev–Trinajstić information content (AvgIpc) is 3.03. The van der Waals surface area contributed by atoms with E-state index in [1.165, 1.54) is 0 Å². The number of phenols is 1. The summed E-state index contributed by atoms with van der Waals surface area (Å²) in [6, 6.07) is 26.2.